The number of primary amides is 1. The summed E-state index contributed by atoms with van der Waals surface area (Å²) >= 11 is 0. The molecular formula is C7H16N2O3S. The van der Waals surface area contributed by atoms with Crippen LogP contribution >= 0.6 is 0 Å². The van der Waals surface area contributed by atoms with Gasteiger partial charge in [0.25, 0.3) is 0 Å². The SMILES string of the molecule is CCS(=O)(=O)NCC(C)(C)C(N)=O. The van der Waals surface area contributed by atoms with Crippen molar-refractivity contribution in [2.75, 3.05) is 12.3 Å². The molecule has 5 nitrogen and oxygen atoms in total. The molecule has 0 radical (unpaired) electrons. The van der Waals surface area contributed by atoms with E-state index in [1.165, 1.54) is 6.92 Å². The first-order chi connectivity index (χ1) is 5.71. The van der Waals surface area contributed by atoms with Gasteiger partial charge < -0.3 is 5.73 Å². The number of hydrogen-bond acceptors (Lipinski definition) is 3. The summed E-state index contributed by atoms with van der Waals surface area (Å²) in [6.07, 6.45) is 0. The fourth-order valence-corrected chi connectivity index (χ4v) is 1.26. The van der Waals surface area contributed by atoms with E-state index in [9.17, 15) is 13.2 Å². The van der Waals surface area contributed by atoms with E-state index in [-0.39, 0.29) is 12.3 Å². The standard InChI is InChI=1S/C7H16N2O3S/c1-4-13(11,12)9-5-7(2,3)6(8)10/h9H,4-5H2,1-3H3,(H2,8,10). The summed E-state index contributed by atoms with van der Waals surface area (Å²) in [4.78, 5) is 10.8. The van der Waals surface area contributed by atoms with Gasteiger partial charge in [-0.25, -0.2) is 13.1 Å². The van der Waals surface area contributed by atoms with Gasteiger partial charge in [0, 0.05) is 6.54 Å². The van der Waals surface area contributed by atoms with Crippen molar-refractivity contribution in [1.82, 2.24) is 4.72 Å². The number of carbonyl (C=O) groups excluding carboxylic acids is 1. The number of rotatable bonds is 5. The second-order valence-corrected chi connectivity index (χ2v) is 5.57. The molecule has 0 aliphatic heterocycles. The number of carbonyl (C=O) groups is 1. The van der Waals surface area contributed by atoms with Crippen molar-refractivity contribution in [2.45, 2.75) is 20.8 Å². The molecule has 3 N–H and O–H groups in total. The maximum Gasteiger partial charge on any atom is 0.224 e. The van der Waals surface area contributed by atoms with Gasteiger partial charge in [-0.3, -0.25) is 4.79 Å². The van der Waals surface area contributed by atoms with E-state index in [2.05, 4.69) is 4.72 Å². The van der Waals surface area contributed by atoms with Gasteiger partial charge in [-0.2, -0.15) is 0 Å². The second kappa shape index (κ2) is 4.06. The highest BCUT2D eigenvalue weighted by molar-refractivity contribution is 7.89. The Morgan fingerprint density at radius 1 is 1.46 bits per heavy atom. The first-order valence-electron chi connectivity index (χ1n) is 3.98. The Bertz CT molecular complexity index is 282. The highest BCUT2D eigenvalue weighted by Crippen LogP contribution is 2.12. The van der Waals surface area contributed by atoms with Gasteiger partial charge >= 0.3 is 0 Å². The highest BCUT2D eigenvalue weighted by atomic mass is 32.2. The monoisotopic (exact) mass is 208 g/mol. The topological polar surface area (TPSA) is 89.3 Å². The molecule has 0 spiro atoms. The molecule has 0 aliphatic rings. The average molecular weight is 208 g/mol. The minimum absolute atomic E-state index is 0.00183. The van der Waals surface area contributed by atoms with E-state index in [4.69, 9.17) is 5.73 Å². The van der Waals surface area contributed by atoms with E-state index in [0.717, 1.165) is 0 Å². The van der Waals surface area contributed by atoms with Crippen molar-refractivity contribution in [3.63, 3.8) is 0 Å². The molecule has 0 heterocycles. The zero-order valence-corrected chi connectivity index (χ0v) is 8.94. The summed E-state index contributed by atoms with van der Waals surface area (Å²) in [6.45, 7) is 4.75. The van der Waals surface area contributed by atoms with Gasteiger partial charge in [-0.1, -0.05) is 0 Å². The lowest BCUT2D eigenvalue weighted by atomic mass is 9.93. The minimum Gasteiger partial charge on any atom is -0.369 e. The molecule has 0 fully saturated rings. The number of nitrogens with one attached hydrogen (secondary N) is 1. The molecule has 0 bridgehead atoms. The van der Waals surface area contributed by atoms with Gasteiger partial charge in [-0.15, -0.1) is 0 Å². The minimum atomic E-state index is -3.24. The van der Waals surface area contributed by atoms with Crippen LogP contribution < -0.4 is 10.5 Å². The van der Waals surface area contributed by atoms with E-state index in [1.807, 2.05) is 0 Å². The molecule has 0 atom stereocenters. The summed E-state index contributed by atoms with van der Waals surface area (Å²) in [5.41, 5.74) is 4.22. The Hall–Kier alpha value is -0.620. The quantitative estimate of drug-likeness (QED) is 0.634. The molecule has 0 aromatic rings. The Morgan fingerprint density at radius 3 is 2.23 bits per heavy atom. The van der Waals surface area contributed by atoms with Crippen LogP contribution in [0.1, 0.15) is 20.8 Å². The summed E-state index contributed by atoms with van der Waals surface area (Å²) in [7, 11) is -3.24. The fraction of sp³-hybridized carbons (Fsp3) is 0.857. The molecule has 0 saturated carbocycles. The third-order valence-electron chi connectivity index (χ3n) is 1.78. The molecule has 0 aromatic carbocycles. The Morgan fingerprint density at radius 2 is 1.92 bits per heavy atom. The van der Waals surface area contributed by atoms with Crippen LogP contribution in [0.2, 0.25) is 0 Å². The van der Waals surface area contributed by atoms with Crippen molar-refractivity contribution < 1.29 is 13.2 Å². The van der Waals surface area contributed by atoms with Gasteiger partial charge in [0.15, 0.2) is 0 Å². The zero-order valence-electron chi connectivity index (χ0n) is 8.12. The van der Waals surface area contributed by atoms with Gasteiger partial charge in [-0.05, 0) is 20.8 Å². The van der Waals surface area contributed by atoms with Gasteiger partial charge in [0.05, 0.1) is 11.2 Å². The smallest absolute Gasteiger partial charge is 0.224 e. The largest absolute Gasteiger partial charge is 0.369 e. The third kappa shape index (κ3) is 4.23. The lowest BCUT2D eigenvalue weighted by molar-refractivity contribution is -0.125. The molecule has 0 rings (SSSR count). The molecule has 0 aliphatic carbocycles. The summed E-state index contributed by atoms with van der Waals surface area (Å²) in [6, 6.07) is 0. The first-order valence-corrected chi connectivity index (χ1v) is 5.64. The predicted octanol–water partition coefficient (Wildman–Crippen LogP) is -0.563. The fourth-order valence-electron chi connectivity index (χ4n) is 0.480. The lowest BCUT2D eigenvalue weighted by Gasteiger charge is -2.20. The normalized spacial score (nSPS) is 12.8. The Balaban J connectivity index is 4.26. The molecule has 1 amide bonds. The average Bonchev–Trinajstić information content (AvgIpc) is 2.01. The van der Waals surface area contributed by atoms with Crippen LogP contribution in [0.25, 0.3) is 0 Å². The molecule has 6 heteroatoms. The molecular weight excluding hydrogens is 192 g/mol. The molecule has 0 saturated heterocycles. The van der Waals surface area contributed by atoms with Crippen molar-refractivity contribution >= 4 is 15.9 Å². The lowest BCUT2D eigenvalue weighted by Crippen LogP contribution is -2.42. The molecule has 13 heavy (non-hydrogen) atoms. The van der Waals surface area contributed by atoms with E-state index in [0.29, 0.717) is 0 Å². The zero-order chi connectivity index (χ0) is 10.7. The van der Waals surface area contributed by atoms with Gasteiger partial charge in [0.1, 0.15) is 0 Å². The first kappa shape index (κ1) is 12.4. The Labute approximate surface area is 78.7 Å². The molecule has 78 valence electrons. The van der Waals surface area contributed by atoms with Crippen molar-refractivity contribution in [3.8, 4) is 0 Å². The maximum absolute atomic E-state index is 11.0. The number of amides is 1. The third-order valence-corrected chi connectivity index (χ3v) is 3.13. The van der Waals surface area contributed by atoms with Crippen LogP contribution in [0.5, 0.6) is 0 Å². The number of hydrogen-bond donors (Lipinski definition) is 2. The van der Waals surface area contributed by atoms with Crippen LogP contribution in [0, 0.1) is 5.41 Å². The van der Waals surface area contributed by atoms with Crippen LogP contribution in [-0.2, 0) is 14.8 Å². The molecule has 0 aromatic heterocycles. The van der Waals surface area contributed by atoms with E-state index >= 15 is 0 Å². The van der Waals surface area contributed by atoms with Crippen LogP contribution in [0.4, 0.5) is 0 Å². The summed E-state index contributed by atoms with van der Waals surface area (Å²) < 4.78 is 24.3. The van der Waals surface area contributed by atoms with Crippen LogP contribution in [-0.4, -0.2) is 26.6 Å². The van der Waals surface area contributed by atoms with Crippen molar-refractivity contribution in [3.05, 3.63) is 0 Å². The molecule has 0 unspecified atom stereocenters. The second-order valence-electron chi connectivity index (χ2n) is 3.47. The highest BCUT2D eigenvalue weighted by Gasteiger charge is 2.26. The predicted molar refractivity (Wildman–Crippen MR) is 50.4 cm³/mol. The van der Waals surface area contributed by atoms with Gasteiger partial charge in [0.2, 0.25) is 15.9 Å². The summed E-state index contributed by atoms with van der Waals surface area (Å²) in [5.74, 6) is -0.520. The number of sulfonamides is 1. The van der Waals surface area contributed by atoms with Crippen LogP contribution in [0.3, 0.4) is 0 Å². The van der Waals surface area contributed by atoms with Crippen molar-refractivity contribution in [1.29, 1.82) is 0 Å². The van der Waals surface area contributed by atoms with Crippen LogP contribution in [0.15, 0.2) is 0 Å². The van der Waals surface area contributed by atoms with E-state index < -0.39 is 21.3 Å². The maximum atomic E-state index is 11.0. The van der Waals surface area contributed by atoms with E-state index in [1.54, 1.807) is 13.8 Å². The van der Waals surface area contributed by atoms with Crippen molar-refractivity contribution in [2.24, 2.45) is 11.1 Å². The Kier molecular flexibility index (Phi) is 3.87. The summed E-state index contributed by atoms with van der Waals surface area (Å²) in [5, 5.41) is 0. The number of nitrogens with two attached hydrogens (primary N) is 1.